The molecule has 0 saturated heterocycles. The van der Waals surface area contributed by atoms with Gasteiger partial charge in [0.15, 0.2) is 23.2 Å². The summed E-state index contributed by atoms with van der Waals surface area (Å²) in [5.41, 5.74) is 6.48. The highest BCUT2D eigenvalue weighted by Crippen LogP contribution is 2.26. The van der Waals surface area contributed by atoms with E-state index in [0.717, 1.165) is 5.56 Å². The highest BCUT2D eigenvalue weighted by Gasteiger charge is 2.22. The van der Waals surface area contributed by atoms with E-state index in [-0.39, 0.29) is 44.3 Å². The lowest BCUT2D eigenvalue weighted by Crippen LogP contribution is -2.34. The minimum Gasteiger partial charge on any atom is -0.479 e. The summed E-state index contributed by atoms with van der Waals surface area (Å²) >= 11 is 0. The number of rotatable bonds is 10. The Morgan fingerprint density at radius 2 is 1.60 bits per heavy atom. The van der Waals surface area contributed by atoms with Gasteiger partial charge in [-0.25, -0.2) is 8.78 Å². The number of ketones is 1. The zero-order valence-corrected chi connectivity index (χ0v) is 16.5. The topological polar surface area (TPSA) is 78.6 Å². The molecule has 2 aromatic carbocycles. The summed E-state index contributed by atoms with van der Waals surface area (Å²) in [7, 11) is 0. The van der Waals surface area contributed by atoms with Gasteiger partial charge in [-0.15, -0.1) is 12.4 Å². The van der Waals surface area contributed by atoms with Gasteiger partial charge in [-0.3, -0.25) is 9.59 Å². The van der Waals surface area contributed by atoms with Crippen LogP contribution in [0.15, 0.2) is 36.4 Å². The van der Waals surface area contributed by atoms with E-state index >= 15 is 0 Å². The molecule has 10 heteroatoms. The van der Waals surface area contributed by atoms with E-state index in [2.05, 4.69) is 4.74 Å². The average molecular weight is 450 g/mol. The maximum atomic E-state index is 13.5. The Bertz CT molecular complexity index is 841. The summed E-state index contributed by atoms with van der Waals surface area (Å²) in [5.74, 6) is -9.32. The van der Waals surface area contributed by atoms with E-state index < -0.39 is 53.4 Å². The highest BCUT2D eigenvalue weighted by atomic mass is 35.5. The van der Waals surface area contributed by atoms with Crippen molar-refractivity contribution in [2.45, 2.75) is 31.9 Å². The maximum Gasteiger partial charge on any atom is 0.306 e. The molecule has 0 radical (unpaired) electrons. The molecule has 0 aromatic heterocycles. The first kappa shape index (κ1) is 25.4. The van der Waals surface area contributed by atoms with Crippen molar-refractivity contribution in [3.8, 4) is 5.75 Å². The molecule has 0 heterocycles. The van der Waals surface area contributed by atoms with Crippen LogP contribution in [0.3, 0.4) is 0 Å². The number of nitrogens with two attached hydrogens (primary N) is 1. The molecule has 0 spiro atoms. The molecule has 30 heavy (non-hydrogen) atoms. The lowest BCUT2D eigenvalue weighted by molar-refractivity contribution is -0.145. The predicted octanol–water partition coefficient (Wildman–Crippen LogP) is 3.85. The zero-order valence-electron chi connectivity index (χ0n) is 15.7. The van der Waals surface area contributed by atoms with Crippen molar-refractivity contribution in [1.82, 2.24) is 0 Å². The Balaban J connectivity index is 0.00000450. The van der Waals surface area contributed by atoms with Crippen molar-refractivity contribution in [2.75, 3.05) is 6.61 Å². The van der Waals surface area contributed by atoms with E-state index in [1.165, 1.54) is 0 Å². The largest absolute Gasteiger partial charge is 0.479 e. The molecule has 0 aliphatic heterocycles. The number of hydrogen-bond acceptors (Lipinski definition) is 5. The van der Waals surface area contributed by atoms with E-state index in [1.807, 2.05) is 18.2 Å². The highest BCUT2D eigenvalue weighted by molar-refractivity contribution is 5.85. The van der Waals surface area contributed by atoms with Crippen LogP contribution in [0, 0.1) is 23.3 Å². The smallest absolute Gasteiger partial charge is 0.306 e. The fraction of sp³-hybridized carbons (Fsp3) is 0.300. The van der Waals surface area contributed by atoms with E-state index in [4.69, 9.17) is 10.5 Å². The Morgan fingerprint density at radius 1 is 1.00 bits per heavy atom. The first-order valence-electron chi connectivity index (χ1n) is 8.73. The molecule has 2 aromatic rings. The number of carbonyl (C=O) groups is 2. The minimum absolute atomic E-state index is 0. The third-order valence-electron chi connectivity index (χ3n) is 3.98. The third kappa shape index (κ3) is 7.31. The van der Waals surface area contributed by atoms with Gasteiger partial charge in [0.25, 0.3) is 0 Å². The second kappa shape index (κ2) is 12.1. The first-order valence-corrected chi connectivity index (χ1v) is 8.73. The van der Waals surface area contributed by atoms with E-state index in [1.54, 1.807) is 12.1 Å². The Kier molecular flexibility index (Phi) is 10.3. The van der Waals surface area contributed by atoms with Gasteiger partial charge in [-0.1, -0.05) is 30.3 Å². The van der Waals surface area contributed by atoms with Crippen LogP contribution in [0.1, 0.15) is 24.8 Å². The maximum absolute atomic E-state index is 13.5. The van der Waals surface area contributed by atoms with Crippen molar-refractivity contribution < 1.29 is 36.6 Å². The molecule has 2 rings (SSSR count). The van der Waals surface area contributed by atoms with Gasteiger partial charge in [0.2, 0.25) is 11.6 Å². The first-order chi connectivity index (χ1) is 13.8. The molecule has 0 bridgehead atoms. The standard InChI is InChI=1S/C20H19F4NO4.ClH/c21-13-9-14(22)19(24)20(18(13)23)29-11-16(26)15(25)7-4-8-17(27)28-10-12-5-2-1-3-6-12;/h1-3,5-6,9,15H,4,7-8,10-11,25H2;1H/t15-;/m0./s1. The predicted molar refractivity (Wildman–Crippen MR) is 102 cm³/mol. The van der Waals surface area contributed by atoms with Gasteiger partial charge in [0.1, 0.15) is 13.2 Å². The quantitative estimate of drug-likeness (QED) is 0.338. The van der Waals surface area contributed by atoms with Crippen LogP contribution in [0.4, 0.5) is 17.6 Å². The van der Waals surface area contributed by atoms with Gasteiger partial charge >= 0.3 is 5.97 Å². The molecule has 1 atom stereocenters. The van der Waals surface area contributed by atoms with Crippen molar-refractivity contribution >= 4 is 24.2 Å². The van der Waals surface area contributed by atoms with Gasteiger partial charge in [-0.2, -0.15) is 8.78 Å². The monoisotopic (exact) mass is 449 g/mol. The van der Waals surface area contributed by atoms with Gasteiger partial charge in [0, 0.05) is 12.5 Å². The van der Waals surface area contributed by atoms with E-state index in [0.29, 0.717) is 0 Å². The molecule has 5 nitrogen and oxygen atoms in total. The summed E-state index contributed by atoms with van der Waals surface area (Å²) in [5, 5.41) is 0. The van der Waals surface area contributed by atoms with Gasteiger partial charge in [0.05, 0.1) is 6.04 Å². The molecule has 0 fully saturated rings. The number of carbonyl (C=O) groups excluding carboxylic acids is 2. The molecule has 0 aliphatic rings. The second-order valence-corrected chi connectivity index (χ2v) is 6.20. The Hall–Kier alpha value is -2.65. The van der Waals surface area contributed by atoms with Gasteiger partial charge < -0.3 is 15.2 Å². The van der Waals surface area contributed by atoms with Crippen molar-refractivity contribution in [3.63, 3.8) is 0 Å². The number of ether oxygens (including phenoxy) is 2. The molecule has 0 amide bonds. The van der Waals surface area contributed by atoms with Crippen LogP contribution in [0.25, 0.3) is 0 Å². The summed E-state index contributed by atoms with van der Waals surface area (Å²) in [6.45, 7) is -0.754. The number of Topliss-reactive ketones (excluding diaryl/α,β-unsaturated/α-hetero) is 1. The van der Waals surface area contributed by atoms with Crippen LogP contribution in [-0.2, 0) is 20.9 Å². The second-order valence-electron chi connectivity index (χ2n) is 6.20. The fourth-order valence-electron chi connectivity index (χ4n) is 2.37. The lowest BCUT2D eigenvalue weighted by atomic mass is 10.1. The number of esters is 1. The number of benzene rings is 2. The van der Waals surface area contributed by atoms with Crippen LogP contribution in [0.2, 0.25) is 0 Å². The summed E-state index contributed by atoms with van der Waals surface area (Å²) < 4.78 is 62.8. The van der Waals surface area contributed by atoms with E-state index in [9.17, 15) is 27.2 Å². The van der Waals surface area contributed by atoms with Crippen molar-refractivity contribution in [3.05, 3.63) is 65.2 Å². The average Bonchev–Trinajstić information content (AvgIpc) is 2.71. The molecular formula is C20H20ClF4NO4. The van der Waals surface area contributed by atoms with Crippen LogP contribution >= 0.6 is 12.4 Å². The SMILES string of the molecule is Cl.N[C@@H](CCCC(=O)OCc1ccccc1)C(=O)COc1c(F)c(F)cc(F)c1F. The molecule has 0 unspecified atom stereocenters. The number of halogens is 5. The van der Waals surface area contributed by atoms with Crippen molar-refractivity contribution in [1.29, 1.82) is 0 Å². The Labute approximate surface area is 176 Å². The summed E-state index contributed by atoms with van der Waals surface area (Å²) in [4.78, 5) is 23.6. The molecule has 0 saturated carbocycles. The summed E-state index contributed by atoms with van der Waals surface area (Å²) in [6, 6.07) is 8.01. The lowest BCUT2D eigenvalue weighted by Gasteiger charge is -2.13. The summed E-state index contributed by atoms with van der Waals surface area (Å²) in [6.07, 6.45) is 0.343. The number of hydrogen-bond donors (Lipinski definition) is 1. The molecule has 164 valence electrons. The minimum atomic E-state index is -1.74. The molecule has 2 N–H and O–H groups in total. The normalized spacial score (nSPS) is 11.4. The molecule has 0 aliphatic carbocycles. The third-order valence-corrected chi connectivity index (χ3v) is 3.98. The fourth-order valence-corrected chi connectivity index (χ4v) is 2.37. The van der Waals surface area contributed by atoms with Crippen molar-refractivity contribution in [2.24, 2.45) is 5.73 Å². The van der Waals surface area contributed by atoms with Crippen LogP contribution in [-0.4, -0.2) is 24.4 Å². The van der Waals surface area contributed by atoms with Gasteiger partial charge in [-0.05, 0) is 18.4 Å². The zero-order chi connectivity index (χ0) is 21.4. The van der Waals surface area contributed by atoms with Crippen LogP contribution in [0.5, 0.6) is 5.75 Å². The Morgan fingerprint density at radius 3 is 2.20 bits per heavy atom. The van der Waals surface area contributed by atoms with Crippen LogP contribution < -0.4 is 10.5 Å². The molecular weight excluding hydrogens is 430 g/mol.